The molecule has 1 N–H and O–H groups in total. The van der Waals surface area contributed by atoms with Crippen molar-refractivity contribution in [1.82, 2.24) is 15.1 Å². The van der Waals surface area contributed by atoms with Gasteiger partial charge in [0, 0.05) is 39.3 Å². The third-order valence-corrected chi connectivity index (χ3v) is 5.16. The molecule has 2 rings (SSSR count). The molecular formula is C17H33N3O. The van der Waals surface area contributed by atoms with Gasteiger partial charge >= 0.3 is 6.03 Å². The highest BCUT2D eigenvalue weighted by Crippen LogP contribution is 2.28. The number of hydrogen-bond donors (Lipinski definition) is 1. The maximum absolute atomic E-state index is 11.9. The predicted molar refractivity (Wildman–Crippen MR) is 87.5 cm³/mol. The second-order valence-corrected chi connectivity index (χ2v) is 7.11. The van der Waals surface area contributed by atoms with E-state index >= 15 is 0 Å². The molecule has 2 amide bonds. The largest absolute Gasteiger partial charge is 0.331 e. The molecule has 0 spiro atoms. The number of likely N-dealkylation sites (tertiary alicyclic amines) is 1. The van der Waals surface area contributed by atoms with Gasteiger partial charge in [0.1, 0.15) is 0 Å². The van der Waals surface area contributed by atoms with Crippen LogP contribution in [-0.2, 0) is 0 Å². The van der Waals surface area contributed by atoms with E-state index in [4.69, 9.17) is 0 Å². The first-order valence-corrected chi connectivity index (χ1v) is 8.82. The Labute approximate surface area is 130 Å². The number of carbonyl (C=O) groups excluding carboxylic acids is 1. The molecule has 4 heteroatoms. The summed E-state index contributed by atoms with van der Waals surface area (Å²) >= 11 is 0. The van der Waals surface area contributed by atoms with Crippen molar-refractivity contribution in [3.05, 3.63) is 0 Å². The quantitative estimate of drug-likeness (QED) is 0.865. The third kappa shape index (κ3) is 4.87. The molecule has 0 atom stereocenters. The average molecular weight is 295 g/mol. The number of carbonyl (C=O) groups is 1. The highest BCUT2D eigenvalue weighted by atomic mass is 16.2. The maximum Gasteiger partial charge on any atom is 0.319 e. The topological polar surface area (TPSA) is 35.6 Å². The van der Waals surface area contributed by atoms with E-state index in [1.165, 1.54) is 38.5 Å². The molecule has 0 aromatic carbocycles. The van der Waals surface area contributed by atoms with Gasteiger partial charge in [-0.15, -0.1) is 0 Å². The van der Waals surface area contributed by atoms with Crippen molar-refractivity contribution in [2.24, 2.45) is 5.92 Å². The molecule has 2 fully saturated rings. The zero-order valence-electron chi connectivity index (χ0n) is 14.1. The lowest BCUT2D eigenvalue weighted by atomic mass is 9.83. The molecule has 0 aromatic rings. The molecule has 1 heterocycles. The highest BCUT2D eigenvalue weighted by molar-refractivity contribution is 5.73. The molecule has 4 nitrogen and oxygen atoms in total. The van der Waals surface area contributed by atoms with Crippen molar-refractivity contribution in [3.63, 3.8) is 0 Å². The monoisotopic (exact) mass is 295 g/mol. The molecule has 1 aliphatic heterocycles. The number of piperidine rings is 1. The van der Waals surface area contributed by atoms with Crippen molar-refractivity contribution < 1.29 is 4.79 Å². The molecule has 0 radical (unpaired) electrons. The molecule has 2 aliphatic rings. The number of nitrogens with zero attached hydrogens (tertiary/aromatic N) is 2. The molecule has 21 heavy (non-hydrogen) atoms. The van der Waals surface area contributed by atoms with Gasteiger partial charge in [0.15, 0.2) is 0 Å². The van der Waals surface area contributed by atoms with Gasteiger partial charge in [0.2, 0.25) is 0 Å². The van der Waals surface area contributed by atoms with E-state index in [1.54, 1.807) is 4.90 Å². The van der Waals surface area contributed by atoms with Gasteiger partial charge in [-0.2, -0.15) is 0 Å². The zero-order valence-corrected chi connectivity index (χ0v) is 14.1. The average Bonchev–Trinajstić information content (AvgIpc) is 2.49. The van der Waals surface area contributed by atoms with E-state index in [0.29, 0.717) is 6.04 Å². The number of amides is 2. The first-order chi connectivity index (χ1) is 10.1. The van der Waals surface area contributed by atoms with Crippen LogP contribution in [0.1, 0.15) is 58.3 Å². The summed E-state index contributed by atoms with van der Waals surface area (Å²) in [6.45, 7) is 4.10. The molecule has 0 unspecified atom stereocenters. The Morgan fingerprint density at radius 1 is 1.05 bits per heavy atom. The minimum absolute atomic E-state index is 0.161. The molecule has 0 bridgehead atoms. The van der Waals surface area contributed by atoms with Crippen LogP contribution in [0.25, 0.3) is 0 Å². The Morgan fingerprint density at radius 2 is 1.62 bits per heavy atom. The van der Waals surface area contributed by atoms with E-state index < -0.39 is 0 Å². The summed E-state index contributed by atoms with van der Waals surface area (Å²) in [4.78, 5) is 15.6. The maximum atomic E-state index is 11.9. The summed E-state index contributed by atoms with van der Waals surface area (Å²) in [7, 11) is 3.67. The Morgan fingerprint density at radius 3 is 2.14 bits per heavy atom. The lowest BCUT2D eigenvalue weighted by Crippen LogP contribution is -2.50. The van der Waals surface area contributed by atoms with Crippen LogP contribution in [0.3, 0.4) is 0 Å². The lowest BCUT2D eigenvalue weighted by Gasteiger charge is -2.37. The predicted octanol–water partition coefficient (Wildman–Crippen LogP) is 3.08. The smallest absolute Gasteiger partial charge is 0.319 e. The van der Waals surface area contributed by atoms with Crippen molar-refractivity contribution in [1.29, 1.82) is 0 Å². The third-order valence-electron chi connectivity index (χ3n) is 5.16. The first kappa shape index (κ1) is 16.6. The van der Waals surface area contributed by atoms with Gasteiger partial charge in [-0.1, -0.05) is 19.8 Å². The Bertz CT molecular complexity index is 316. The van der Waals surface area contributed by atoms with Gasteiger partial charge in [0.05, 0.1) is 0 Å². The standard InChI is InChI=1S/C17H33N3O/c1-4-5-14-6-8-15(9-7-14)18-16-10-12-20(13-11-16)17(21)19(2)3/h14-16,18H,4-13H2,1-3H3. The summed E-state index contributed by atoms with van der Waals surface area (Å²) in [6, 6.07) is 1.50. The summed E-state index contributed by atoms with van der Waals surface area (Å²) in [6.07, 6.45) is 10.5. The minimum atomic E-state index is 0.161. The number of hydrogen-bond acceptors (Lipinski definition) is 2. The van der Waals surface area contributed by atoms with E-state index in [9.17, 15) is 4.79 Å². The molecule has 1 saturated heterocycles. The Kier molecular flexibility index (Phi) is 6.34. The fourth-order valence-corrected chi connectivity index (χ4v) is 3.88. The molecule has 1 aliphatic carbocycles. The highest BCUT2D eigenvalue weighted by Gasteiger charge is 2.27. The Balaban J connectivity index is 1.66. The normalized spacial score (nSPS) is 27.7. The fourth-order valence-electron chi connectivity index (χ4n) is 3.88. The van der Waals surface area contributed by atoms with E-state index in [0.717, 1.165) is 37.9 Å². The summed E-state index contributed by atoms with van der Waals surface area (Å²) in [5.41, 5.74) is 0. The van der Waals surface area contributed by atoms with Crippen molar-refractivity contribution >= 4 is 6.03 Å². The van der Waals surface area contributed by atoms with Gasteiger partial charge in [0.25, 0.3) is 0 Å². The van der Waals surface area contributed by atoms with Crippen LogP contribution in [0.2, 0.25) is 0 Å². The Hall–Kier alpha value is -0.770. The van der Waals surface area contributed by atoms with Crippen LogP contribution in [0.4, 0.5) is 4.79 Å². The minimum Gasteiger partial charge on any atom is -0.331 e. The first-order valence-electron chi connectivity index (χ1n) is 8.82. The molecular weight excluding hydrogens is 262 g/mol. The van der Waals surface area contributed by atoms with Crippen LogP contribution >= 0.6 is 0 Å². The van der Waals surface area contributed by atoms with Crippen LogP contribution < -0.4 is 5.32 Å². The van der Waals surface area contributed by atoms with E-state index in [2.05, 4.69) is 12.2 Å². The molecule has 122 valence electrons. The van der Waals surface area contributed by atoms with Crippen LogP contribution in [-0.4, -0.2) is 55.1 Å². The molecule has 1 saturated carbocycles. The second kappa shape index (κ2) is 8.02. The zero-order chi connectivity index (χ0) is 15.2. The van der Waals surface area contributed by atoms with E-state index in [-0.39, 0.29) is 6.03 Å². The summed E-state index contributed by atoms with van der Waals surface area (Å²) in [5.74, 6) is 0.979. The van der Waals surface area contributed by atoms with Crippen molar-refractivity contribution in [3.8, 4) is 0 Å². The fraction of sp³-hybridized carbons (Fsp3) is 0.941. The van der Waals surface area contributed by atoms with Crippen LogP contribution in [0, 0.1) is 5.92 Å². The van der Waals surface area contributed by atoms with Gasteiger partial charge < -0.3 is 15.1 Å². The number of nitrogens with one attached hydrogen (secondary N) is 1. The van der Waals surface area contributed by atoms with Crippen LogP contribution in [0.15, 0.2) is 0 Å². The lowest BCUT2D eigenvalue weighted by molar-refractivity contribution is 0.147. The second-order valence-electron chi connectivity index (χ2n) is 7.11. The SMILES string of the molecule is CCCC1CCC(NC2CCN(C(=O)N(C)C)CC2)CC1. The summed E-state index contributed by atoms with van der Waals surface area (Å²) < 4.78 is 0. The van der Waals surface area contributed by atoms with Crippen molar-refractivity contribution in [2.75, 3.05) is 27.2 Å². The summed E-state index contributed by atoms with van der Waals surface area (Å²) in [5, 5.41) is 3.86. The van der Waals surface area contributed by atoms with Crippen LogP contribution in [0.5, 0.6) is 0 Å². The van der Waals surface area contributed by atoms with Crippen molar-refractivity contribution in [2.45, 2.75) is 70.4 Å². The van der Waals surface area contributed by atoms with Gasteiger partial charge in [-0.05, 0) is 44.4 Å². The number of rotatable bonds is 4. The van der Waals surface area contributed by atoms with Gasteiger partial charge in [-0.25, -0.2) is 4.79 Å². The van der Waals surface area contributed by atoms with E-state index in [1.807, 2.05) is 19.0 Å². The molecule has 0 aromatic heterocycles. The van der Waals surface area contributed by atoms with Gasteiger partial charge in [-0.3, -0.25) is 0 Å². The number of urea groups is 1.